The van der Waals surface area contributed by atoms with Gasteiger partial charge in [0.15, 0.2) is 21.0 Å². The number of halogens is 2. The van der Waals surface area contributed by atoms with Gasteiger partial charge in [0.25, 0.3) is 0 Å². The van der Waals surface area contributed by atoms with Gasteiger partial charge in [0.1, 0.15) is 11.5 Å². The summed E-state index contributed by atoms with van der Waals surface area (Å²) in [5.41, 5.74) is 2.22. The van der Waals surface area contributed by atoms with Gasteiger partial charge >= 0.3 is 11.9 Å². The molecule has 0 spiro atoms. The molecule has 0 aliphatic heterocycles. The minimum Gasteiger partial charge on any atom is -0.497 e. The third kappa shape index (κ3) is 4.58. The van der Waals surface area contributed by atoms with E-state index < -0.39 is 21.0 Å². The number of methoxy groups -OCH3 is 2. The number of ether oxygens (including phenoxy) is 4. The van der Waals surface area contributed by atoms with Crippen LogP contribution in [-0.2, 0) is 31.9 Å². The molecule has 8 nitrogen and oxygen atoms in total. The molecule has 304 valence electrons. The Morgan fingerprint density at radius 3 is 1.40 bits per heavy atom. The van der Waals surface area contributed by atoms with E-state index in [2.05, 4.69) is 74.5 Å². The van der Waals surface area contributed by atoms with Gasteiger partial charge in [-0.15, -0.1) is 0 Å². The molecule has 58 heavy (non-hydrogen) atoms. The fourth-order valence-electron chi connectivity index (χ4n) is 14.9. The summed E-state index contributed by atoms with van der Waals surface area (Å²) in [5, 5.41) is 20.1. The largest absolute Gasteiger partial charge is 0.497 e. The van der Waals surface area contributed by atoms with Gasteiger partial charge in [-0.25, -0.2) is 0 Å². The van der Waals surface area contributed by atoms with Crippen molar-refractivity contribution < 1.29 is 28.5 Å². The predicted molar refractivity (Wildman–Crippen MR) is 220 cm³/mol. The number of aryl methyl sites for hydroxylation is 2. The normalized spacial score (nSPS) is 43.7. The molecule has 0 aromatic heterocycles. The van der Waals surface area contributed by atoms with Crippen molar-refractivity contribution in [2.24, 2.45) is 33.5 Å². The third-order valence-electron chi connectivity index (χ3n) is 17.3. The maximum absolute atomic E-state index is 12.1. The number of carbonyl (C=O) groups is 2. The van der Waals surface area contributed by atoms with Crippen molar-refractivity contribution in [1.82, 2.24) is 0 Å². The van der Waals surface area contributed by atoms with Crippen LogP contribution in [0.25, 0.3) is 0 Å². The number of fused-ring (bicyclic) bond motifs is 6. The van der Waals surface area contributed by atoms with Gasteiger partial charge < -0.3 is 18.9 Å². The van der Waals surface area contributed by atoms with E-state index in [1.165, 1.54) is 36.1 Å². The van der Waals surface area contributed by atoms with Crippen molar-refractivity contribution in [3.63, 3.8) is 0 Å². The number of hydrogen-bond acceptors (Lipinski definition) is 8. The Bertz CT molecular complexity index is 2120. The Labute approximate surface area is 351 Å². The number of rotatable bonds is 4. The second-order valence-electron chi connectivity index (χ2n) is 19.0. The molecule has 0 unspecified atom stereocenters. The minimum atomic E-state index is -1.22. The van der Waals surface area contributed by atoms with Crippen LogP contribution in [0.5, 0.6) is 11.5 Å². The van der Waals surface area contributed by atoms with Crippen molar-refractivity contribution in [2.75, 3.05) is 14.2 Å². The predicted octanol–water partition coefficient (Wildman–Crippen LogP) is 9.81. The molecule has 2 aromatic rings. The second-order valence-corrected chi connectivity index (χ2v) is 20.3. The van der Waals surface area contributed by atoms with Crippen molar-refractivity contribution in [3.8, 4) is 23.6 Å². The monoisotopic (exact) mass is 822 g/mol. The van der Waals surface area contributed by atoms with Crippen LogP contribution >= 0.6 is 23.2 Å². The number of alkyl halides is 2. The molecule has 8 aliphatic carbocycles. The molecule has 4 fully saturated rings. The summed E-state index contributed by atoms with van der Waals surface area (Å²) >= 11 is 14.0. The van der Waals surface area contributed by atoms with Gasteiger partial charge in [0.05, 0.1) is 26.4 Å². The van der Waals surface area contributed by atoms with Crippen LogP contribution in [-0.4, -0.2) is 47.1 Å². The molecular weight excluding hydrogens is 771 g/mol. The molecule has 12 atom stereocenters. The highest BCUT2D eigenvalue weighted by Gasteiger charge is 2.83. The standard InChI is InChI=1S/2C24H26ClNO3/c2*1-15(27)29-24-11-10-22(13-23(24,25)14-26)20-7-4-16-12-17(28-3)5-6-18(16)19(20)8-9-21(22,24)2/h2*5-6,10-12,19-20H,4,7-9,13H2,1-3H3/t2*19-,20-,21+,22+,23+,24-/m11/s1. The molecule has 4 bridgehead atoms. The van der Waals surface area contributed by atoms with Gasteiger partial charge in [0.2, 0.25) is 0 Å². The second kappa shape index (κ2) is 12.8. The van der Waals surface area contributed by atoms with Crippen molar-refractivity contribution >= 4 is 35.1 Å². The highest BCUT2D eigenvalue weighted by atomic mass is 35.5. The van der Waals surface area contributed by atoms with Crippen LogP contribution in [0.4, 0.5) is 0 Å². The number of esters is 2. The number of benzene rings is 2. The molecular formula is C48H52Cl2N2O6. The molecule has 2 aromatic carbocycles. The lowest BCUT2D eigenvalue weighted by atomic mass is 9.48. The topological polar surface area (TPSA) is 119 Å². The van der Waals surface area contributed by atoms with Gasteiger partial charge in [0, 0.05) is 35.5 Å². The van der Waals surface area contributed by atoms with E-state index in [4.69, 9.17) is 42.1 Å². The smallest absolute Gasteiger partial charge is 0.303 e. The van der Waals surface area contributed by atoms with Crippen LogP contribution in [0.3, 0.4) is 0 Å². The number of allylic oxidation sites excluding steroid dienone is 2. The summed E-state index contributed by atoms with van der Waals surface area (Å²) in [4.78, 5) is 21.7. The molecule has 0 amide bonds. The maximum atomic E-state index is 12.1. The van der Waals surface area contributed by atoms with E-state index in [-0.39, 0.29) is 33.6 Å². The van der Waals surface area contributed by atoms with E-state index in [0.717, 1.165) is 62.9 Å². The van der Waals surface area contributed by atoms with Crippen LogP contribution in [0.2, 0.25) is 0 Å². The molecule has 10 rings (SSSR count). The van der Waals surface area contributed by atoms with E-state index in [0.29, 0.717) is 36.5 Å². The quantitative estimate of drug-likeness (QED) is 0.170. The van der Waals surface area contributed by atoms with Crippen molar-refractivity contribution in [2.45, 2.75) is 125 Å². The SMILES string of the molecule is COc1ccc2c(c1)CC[C@@H]1[C@@H]2CC[C@]2(C)[C@]3(OC(C)=O)C=C[C@]12C[C@]3(Cl)C#N.COc1ccc2c(c1)CC[C@@H]1[C@@H]2CC[C@]2(C)[C@]3(OC(C)=O)C=C[C@]12C[C@]3(Cl)C#N. The maximum Gasteiger partial charge on any atom is 0.303 e. The number of carbonyl (C=O) groups excluding carboxylic acids is 2. The van der Waals surface area contributed by atoms with Crippen LogP contribution < -0.4 is 9.47 Å². The molecule has 0 radical (unpaired) electrons. The lowest BCUT2D eigenvalue weighted by Gasteiger charge is -2.56. The number of hydrogen-bond donors (Lipinski definition) is 0. The van der Waals surface area contributed by atoms with Crippen LogP contribution in [0, 0.1) is 56.2 Å². The Kier molecular flexibility index (Phi) is 8.69. The third-order valence-corrected chi connectivity index (χ3v) is 18.3. The molecule has 10 heteroatoms. The first kappa shape index (κ1) is 39.5. The lowest BCUT2D eigenvalue weighted by Crippen LogP contribution is -2.57. The summed E-state index contributed by atoms with van der Waals surface area (Å²) in [5.74, 6) is 2.66. The highest BCUT2D eigenvalue weighted by Crippen LogP contribution is 2.81. The van der Waals surface area contributed by atoms with E-state index >= 15 is 0 Å². The van der Waals surface area contributed by atoms with E-state index in [1.807, 2.05) is 12.2 Å². The summed E-state index contributed by atoms with van der Waals surface area (Å²) in [6, 6.07) is 17.6. The first-order valence-corrected chi connectivity index (χ1v) is 21.6. The average Bonchev–Trinajstić information content (AvgIpc) is 3.74. The number of nitrogens with zero attached hydrogens (tertiary/aromatic N) is 2. The summed E-state index contributed by atoms with van der Waals surface area (Å²) < 4.78 is 22.7. The Morgan fingerprint density at radius 2 is 1.05 bits per heavy atom. The zero-order valence-corrected chi connectivity index (χ0v) is 35.8. The Balaban J connectivity index is 0.000000150. The fraction of sp³-hybridized carbons (Fsp3) is 0.583. The van der Waals surface area contributed by atoms with Gasteiger partial charge in [-0.3, -0.25) is 9.59 Å². The average molecular weight is 824 g/mol. The molecule has 4 saturated carbocycles. The highest BCUT2D eigenvalue weighted by molar-refractivity contribution is 6.28. The zero-order chi connectivity index (χ0) is 41.3. The molecule has 8 aliphatic rings. The first-order chi connectivity index (χ1) is 27.5. The van der Waals surface area contributed by atoms with Crippen LogP contribution in [0.15, 0.2) is 60.7 Å². The van der Waals surface area contributed by atoms with E-state index in [9.17, 15) is 20.1 Å². The molecule has 0 heterocycles. The zero-order valence-electron chi connectivity index (χ0n) is 34.3. The van der Waals surface area contributed by atoms with Crippen LogP contribution in [0.1, 0.15) is 113 Å². The summed E-state index contributed by atoms with van der Waals surface area (Å²) in [7, 11) is 3.41. The van der Waals surface area contributed by atoms with Gasteiger partial charge in [-0.2, -0.15) is 10.5 Å². The van der Waals surface area contributed by atoms with Crippen molar-refractivity contribution in [1.29, 1.82) is 10.5 Å². The molecule has 0 N–H and O–H groups in total. The van der Waals surface area contributed by atoms with Crippen molar-refractivity contribution in [3.05, 3.63) is 83.0 Å². The fourth-order valence-corrected chi connectivity index (χ4v) is 15.9. The summed E-state index contributed by atoms with van der Waals surface area (Å²) in [6.45, 7) is 7.21. The van der Waals surface area contributed by atoms with E-state index in [1.54, 1.807) is 14.2 Å². The van der Waals surface area contributed by atoms with Gasteiger partial charge in [-0.1, -0.05) is 61.3 Å². The summed E-state index contributed by atoms with van der Waals surface area (Å²) in [6.07, 6.45) is 17.3. The Hall–Kier alpha value is -3.98. The minimum absolute atomic E-state index is 0.236. The Morgan fingerprint density at radius 1 is 0.655 bits per heavy atom. The lowest BCUT2D eigenvalue weighted by molar-refractivity contribution is -0.171. The first-order valence-electron chi connectivity index (χ1n) is 20.9. The van der Waals surface area contributed by atoms with Gasteiger partial charge in [-0.05, 0) is 147 Å². The molecule has 0 saturated heterocycles. The number of nitriles is 2.